The highest BCUT2D eigenvalue weighted by molar-refractivity contribution is 6.29. The van der Waals surface area contributed by atoms with Crippen molar-refractivity contribution in [3.05, 3.63) is 76.5 Å². The molecule has 2 aromatic heterocycles. The van der Waals surface area contributed by atoms with Gasteiger partial charge in [-0.05, 0) is 24.1 Å². The number of benzene rings is 1. The second-order valence-electron chi connectivity index (χ2n) is 5.47. The minimum Gasteiger partial charge on any atom is -0.459 e. The first-order valence-electron chi connectivity index (χ1n) is 7.65. The van der Waals surface area contributed by atoms with Crippen LogP contribution in [0.5, 0.6) is 6.01 Å². The molecule has 3 aromatic rings. The van der Waals surface area contributed by atoms with Gasteiger partial charge in [0.15, 0.2) is 11.6 Å². The van der Waals surface area contributed by atoms with E-state index in [9.17, 15) is 4.39 Å². The van der Waals surface area contributed by atoms with Crippen LogP contribution in [0.4, 0.5) is 10.2 Å². The number of halogens is 2. The lowest BCUT2D eigenvalue weighted by molar-refractivity contribution is 0.280. The van der Waals surface area contributed by atoms with Crippen LogP contribution >= 0.6 is 11.6 Å². The maximum atomic E-state index is 13.9. The molecule has 0 amide bonds. The molecule has 0 bridgehead atoms. The SMILES string of the molecule is Cc1ccc(COc2ncc(F)c(NCc3ccc(Cl)nc3)n2)cc1. The van der Waals surface area contributed by atoms with E-state index in [0.29, 0.717) is 18.3 Å². The van der Waals surface area contributed by atoms with Crippen LogP contribution in [-0.4, -0.2) is 15.0 Å². The number of ether oxygens (including phenoxy) is 1. The summed E-state index contributed by atoms with van der Waals surface area (Å²) in [6.45, 7) is 2.68. The molecule has 5 nitrogen and oxygen atoms in total. The third-order valence-electron chi connectivity index (χ3n) is 3.46. The van der Waals surface area contributed by atoms with Crippen molar-refractivity contribution < 1.29 is 9.13 Å². The Hall–Kier alpha value is -2.73. The Labute approximate surface area is 149 Å². The van der Waals surface area contributed by atoms with Crippen LogP contribution in [0, 0.1) is 12.7 Å². The smallest absolute Gasteiger partial charge is 0.318 e. The topological polar surface area (TPSA) is 59.9 Å². The van der Waals surface area contributed by atoms with E-state index in [2.05, 4.69) is 20.3 Å². The van der Waals surface area contributed by atoms with E-state index in [1.54, 1.807) is 18.3 Å². The average molecular weight is 359 g/mol. The molecule has 0 aliphatic rings. The van der Waals surface area contributed by atoms with E-state index < -0.39 is 5.82 Å². The van der Waals surface area contributed by atoms with Crippen LogP contribution in [0.2, 0.25) is 5.15 Å². The molecule has 128 valence electrons. The van der Waals surface area contributed by atoms with E-state index in [0.717, 1.165) is 17.3 Å². The van der Waals surface area contributed by atoms with Crippen molar-refractivity contribution in [3.8, 4) is 6.01 Å². The van der Waals surface area contributed by atoms with Crippen molar-refractivity contribution in [1.29, 1.82) is 0 Å². The number of hydrogen-bond acceptors (Lipinski definition) is 5. The number of pyridine rings is 1. The average Bonchev–Trinajstić information content (AvgIpc) is 2.62. The Kier molecular flexibility index (Phi) is 5.40. The fourth-order valence-electron chi connectivity index (χ4n) is 2.07. The standard InChI is InChI=1S/C18H16ClFN4O/c1-12-2-4-13(5-3-12)11-25-18-23-10-15(20)17(24-18)22-9-14-6-7-16(19)21-8-14/h2-8,10H,9,11H2,1H3,(H,22,23,24). The van der Waals surface area contributed by atoms with Gasteiger partial charge in [0.1, 0.15) is 11.8 Å². The molecule has 3 rings (SSSR count). The summed E-state index contributed by atoms with van der Waals surface area (Å²) in [5, 5.41) is 3.31. The number of rotatable bonds is 6. The second-order valence-corrected chi connectivity index (χ2v) is 5.85. The van der Waals surface area contributed by atoms with Gasteiger partial charge in [0.25, 0.3) is 0 Å². The molecule has 0 fully saturated rings. The van der Waals surface area contributed by atoms with E-state index >= 15 is 0 Å². The van der Waals surface area contributed by atoms with Crippen molar-refractivity contribution in [2.75, 3.05) is 5.32 Å². The lowest BCUT2D eigenvalue weighted by Crippen LogP contribution is -2.07. The number of hydrogen-bond donors (Lipinski definition) is 1. The van der Waals surface area contributed by atoms with Gasteiger partial charge in [-0.15, -0.1) is 0 Å². The van der Waals surface area contributed by atoms with Gasteiger partial charge in [-0.2, -0.15) is 4.98 Å². The molecule has 0 atom stereocenters. The number of anilines is 1. The monoisotopic (exact) mass is 358 g/mol. The van der Waals surface area contributed by atoms with Crippen LogP contribution in [0.25, 0.3) is 0 Å². The Morgan fingerprint density at radius 3 is 2.52 bits per heavy atom. The predicted molar refractivity (Wildman–Crippen MR) is 94.1 cm³/mol. The molecule has 0 radical (unpaired) electrons. The fourth-order valence-corrected chi connectivity index (χ4v) is 2.19. The molecular weight excluding hydrogens is 343 g/mol. The molecule has 0 saturated carbocycles. The zero-order valence-corrected chi connectivity index (χ0v) is 14.3. The van der Waals surface area contributed by atoms with Gasteiger partial charge in [-0.1, -0.05) is 47.5 Å². The minimum absolute atomic E-state index is 0.0730. The molecule has 1 N–H and O–H groups in total. The fraction of sp³-hybridized carbons (Fsp3) is 0.167. The van der Waals surface area contributed by atoms with Crippen LogP contribution in [0.15, 0.2) is 48.8 Å². The molecular formula is C18H16ClFN4O. The predicted octanol–water partition coefficient (Wildman–Crippen LogP) is 4.16. The number of aromatic nitrogens is 3. The first kappa shape index (κ1) is 17.1. The third kappa shape index (κ3) is 4.87. The molecule has 0 aliphatic heterocycles. The number of nitrogens with one attached hydrogen (secondary N) is 1. The van der Waals surface area contributed by atoms with Gasteiger partial charge in [-0.25, -0.2) is 14.4 Å². The van der Waals surface area contributed by atoms with Crippen LogP contribution in [-0.2, 0) is 13.2 Å². The summed E-state index contributed by atoms with van der Waals surface area (Å²) < 4.78 is 19.4. The van der Waals surface area contributed by atoms with Gasteiger partial charge < -0.3 is 10.1 Å². The molecule has 0 unspecified atom stereocenters. The molecule has 0 aliphatic carbocycles. The maximum absolute atomic E-state index is 13.9. The summed E-state index contributed by atoms with van der Waals surface area (Å²) in [5.41, 5.74) is 3.01. The highest BCUT2D eigenvalue weighted by Crippen LogP contribution is 2.16. The summed E-state index contributed by atoms with van der Waals surface area (Å²) in [6, 6.07) is 11.5. The lowest BCUT2D eigenvalue weighted by Gasteiger charge is -2.09. The summed E-state index contributed by atoms with van der Waals surface area (Å²) in [4.78, 5) is 11.9. The molecule has 1 aromatic carbocycles. The molecule has 0 saturated heterocycles. The maximum Gasteiger partial charge on any atom is 0.318 e. The highest BCUT2D eigenvalue weighted by Gasteiger charge is 2.08. The first-order valence-corrected chi connectivity index (χ1v) is 8.03. The molecule has 25 heavy (non-hydrogen) atoms. The van der Waals surface area contributed by atoms with Crippen molar-refractivity contribution in [2.45, 2.75) is 20.1 Å². The van der Waals surface area contributed by atoms with Gasteiger partial charge >= 0.3 is 6.01 Å². The molecule has 0 spiro atoms. The van der Waals surface area contributed by atoms with Crippen LogP contribution < -0.4 is 10.1 Å². The Morgan fingerprint density at radius 1 is 1.04 bits per heavy atom. The summed E-state index contributed by atoms with van der Waals surface area (Å²) >= 11 is 5.74. The first-order chi connectivity index (χ1) is 12.1. The lowest BCUT2D eigenvalue weighted by atomic mass is 10.2. The molecule has 7 heteroatoms. The third-order valence-corrected chi connectivity index (χ3v) is 3.68. The number of nitrogens with zero attached hydrogens (tertiary/aromatic N) is 3. The van der Waals surface area contributed by atoms with Gasteiger partial charge in [0.2, 0.25) is 0 Å². The van der Waals surface area contributed by atoms with E-state index in [1.165, 1.54) is 5.56 Å². The van der Waals surface area contributed by atoms with Gasteiger partial charge in [0, 0.05) is 12.7 Å². The van der Waals surface area contributed by atoms with Crippen molar-refractivity contribution in [3.63, 3.8) is 0 Å². The minimum atomic E-state index is -0.551. The second kappa shape index (κ2) is 7.90. The largest absolute Gasteiger partial charge is 0.459 e. The summed E-state index contributed by atoms with van der Waals surface area (Å²) in [7, 11) is 0. The summed E-state index contributed by atoms with van der Waals surface area (Å²) in [5.74, 6) is -0.478. The highest BCUT2D eigenvalue weighted by atomic mass is 35.5. The zero-order valence-electron chi connectivity index (χ0n) is 13.5. The van der Waals surface area contributed by atoms with Crippen LogP contribution in [0.1, 0.15) is 16.7 Å². The number of aryl methyl sites for hydroxylation is 1. The van der Waals surface area contributed by atoms with Crippen molar-refractivity contribution in [1.82, 2.24) is 15.0 Å². The van der Waals surface area contributed by atoms with Gasteiger partial charge in [0.05, 0.1) is 6.20 Å². The van der Waals surface area contributed by atoms with E-state index in [1.807, 2.05) is 31.2 Å². The molecule has 2 heterocycles. The van der Waals surface area contributed by atoms with Crippen molar-refractivity contribution in [2.24, 2.45) is 0 Å². The zero-order chi connectivity index (χ0) is 17.6. The van der Waals surface area contributed by atoms with Crippen molar-refractivity contribution >= 4 is 17.4 Å². The normalized spacial score (nSPS) is 10.5. The van der Waals surface area contributed by atoms with Crippen LogP contribution in [0.3, 0.4) is 0 Å². The van der Waals surface area contributed by atoms with E-state index in [4.69, 9.17) is 16.3 Å². The Balaban J connectivity index is 1.63. The van der Waals surface area contributed by atoms with E-state index in [-0.39, 0.29) is 11.8 Å². The summed E-state index contributed by atoms with van der Waals surface area (Å²) in [6.07, 6.45) is 2.70. The van der Waals surface area contributed by atoms with Gasteiger partial charge in [-0.3, -0.25) is 0 Å². The Bertz CT molecular complexity index is 841. The Morgan fingerprint density at radius 2 is 1.80 bits per heavy atom. The quantitative estimate of drug-likeness (QED) is 0.670.